The lowest BCUT2D eigenvalue weighted by Gasteiger charge is -2.47. The van der Waals surface area contributed by atoms with Gasteiger partial charge in [0.1, 0.15) is 11.2 Å². The fraction of sp³-hybridized carbons (Fsp3) is 0.148. The first-order chi connectivity index (χ1) is 31.2. The fourth-order valence-electron chi connectivity index (χ4n) is 12.3. The topological polar surface area (TPSA) is 21.3 Å². The highest BCUT2D eigenvalue weighted by atomic mass is 16.3. The number of aromatic nitrogens is 1. The second kappa shape index (κ2) is 13.1. The predicted octanol–water partition coefficient (Wildman–Crippen LogP) is 16.3. The van der Waals surface area contributed by atoms with E-state index in [0.717, 1.165) is 45.3 Å². The van der Waals surface area contributed by atoms with E-state index in [0.29, 0.717) is 0 Å². The lowest BCUT2D eigenvalue weighted by atomic mass is 9.74. The summed E-state index contributed by atoms with van der Waals surface area (Å²) in [6.45, 7) is 12.1. The van der Waals surface area contributed by atoms with Crippen LogP contribution in [0.25, 0.3) is 77.3 Å². The summed E-state index contributed by atoms with van der Waals surface area (Å²) in [4.78, 5) is 2.72. The summed E-state index contributed by atoms with van der Waals surface area (Å²) in [5.74, 6) is 0. The summed E-state index contributed by atoms with van der Waals surface area (Å²) in [7, 11) is 0. The van der Waals surface area contributed by atoms with Gasteiger partial charge in [-0.15, -0.1) is 0 Å². The molecule has 0 saturated heterocycles. The number of hydrogen-bond acceptors (Lipinski definition) is 2. The molecule has 8 aromatic carbocycles. The molecule has 0 radical (unpaired) electrons. The zero-order valence-corrected chi connectivity index (χ0v) is 36.9. The number of nitrogens with zero attached hydrogens (tertiary/aromatic N) is 2. The van der Waals surface area contributed by atoms with E-state index in [4.69, 9.17) is 4.42 Å². The summed E-state index contributed by atoms with van der Waals surface area (Å²) in [5, 5.41) is 4.72. The minimum Gasteiger partial charge on any atom is -0.456 e. The molecule has 2 aromatic heterocycles. The van der Waals surface area contributed by atoms with Crippen LogP contribution >= 0.6 is 0 Å². The Labute approximate surface area is 374 Å². The Bertz CT molecular complexity index is 3670. The summed E-state index contributed by atoms with van der Waals surface area (Å²) >= 11 is 0. The van der Waals surface area contributed by atoms with E-state index in [-0.39, 0.29) is 10.8 Å². The first-order valence-corrected chi connectivity index (χ1v) is 22.7. The van der Waals surface area contributed by atoms with Crippen molar-refractivity contribution in [3.63, 3.8) is 0 Å². The number of benzene rings is 8. The molecule has 0 spiro atoms. The maximum Gasteiger partial charge on any atom is 0.137 e. The molecule has 3 heteroatoms. The first kappa shape index (κ1) is 37.2. The van der Waals surface area contributed by atoms with Crippen molar-refractivity contribution < 1.29 is 4.42 Å². The third-order valence-corrected chi connectivity index (χ3v) is 15.2. The van der Waals surface area contributed by atoms with E-state index < -0.39 is 5.54 Å². The van der Waals surface area contributed by atoms with Crippen LogP contribution in [0.5, 0.6) is 0 Å². The normalized spacial score (nSPS) is 17.9. The lowest BCUT2D eigenvalue weighted by Crippen LogP contribution is -2.46. The van der Waals surface area contributed by atoms with Crippen LogP contribution in [0, 0.1) is 0 Å². The van der Waals surface area contributed by atoms with Crippen molar-refractivity contribution in [2.45, 2.75) is 57.4 Å². The Morgan fingerprint density at radius 1 is 0.516 bits per heavy atom. The van der Waals surface area contributed by atoms with Gasteiger partial charge >= 0.3 is 0 Å². The Hall–Kier alpha value is -7.36. The second-order valence-electron chi connectivity index (χ2n) is 19.4. The lowest BCUT2D eigenvalue weighted by molar-refractivity contribution is 0.576. The SMILES string of the molecule is CC1(C)C2=C(c3ccccc31)C(C)(N(c1cccc3c1-c1ccccc1C3(C)C)c1cccc3oc4ccc(-c5cccc6c7ccccc7n(-c7ccccc7)c56)cc4c13)CC=C2. The Kier molecular flexibility index (Phi) is 7.61. The average molecular weight is 825 g/mol. The summed E-state index contributed by atoms with van der Waals surface area (Å²) < 4.78 is 9.35. The largest absolute Gasteiger partial charge is 0.456 e. The van der Waals surface area contributed by atoms with Crippen LogP contribution in [0.3, 0.4) is 0 Å². The smallest absolute Gasteiger partial charge is 0.137 e. The highest BCUT2D eigenvalue weighted by Gasteiger charge is 2.50. The molecule has 0 saturated carbocycles. The molecule has 308 valence electrons. The highest BCUT2D eigenvalue weighted by molar-refractivity contribution is 6.17. The third kappa shape index (κ3) is 4.87. The molecule has 0 amide bonds. The molecule has 0 aliphatic heterocycles. The molecule has 0 N–H and O–H groups in total. The number of para-hydroxylation sites is 3. The van der Waals surface area contributed by atoms with Gasteiger partial charge in [-0.3, -0.25) is 0 Å². The molecule has 0 fully saturated rings. The van der Waals surface area contributed by atoms with Crippen LogP contribution in [-0.4, -0.2) is 10.1 Å². The number of allylic oxidation sites excluding steroid dienone is 2. The highest BCUT2D eigenvalue weighted by Crippen LogP contribution is 2.60. The number of rotatable bonds is 5. The van der Waals surface area contributed by atoms with Gasteiger partial charge in [-0.25, -0.2) is 0 Å². The van der Waals surface area contributed by atoms with Gasteiger partial charge in [0.25, 0.3) is 0 Å². The van der Waals surface area contributed by atoms with Gasteiger partial charge in [-0.05, 0) is 106 Å². The maximum absolute atomic E-state index is 6.92. The van der Waals surface area contributed by atoms with Gasteiger partial charge in [0.05, 0.1) is 33.3 Å². The number of fused-ring (bicyclic) bond motifs is 11. The third-order valence-electron chi connectivity index (χ3n) is 15.2. The van der Waals surface area contributed by atoms with Crippen LogP contribution in [0.4, 0.5) is 11.4 Å². The molecule has 1 unspecified atom stereocenters. The average Bonchev–Trinajstić information content (AvgIpc) is 4.01. The molecule has 64 heavy (non-hydrogen) atoms. The van der Waals surface area contributed by atoms with E-state index in [1.807, 2.05) is 0 Å². The monoisotopic (exact) mass is 824 g/mol. The molecule has 13 rings (SSSR count). The van der Waals surface area contributed by atoms with E-state index in [2.05, 4.69) is 232 Å². The molecule has 2 heterocycles. The minimum absolute atomic E-state index is 0.143. The summed E-state index contributed by atoms with van der Waals surface area (Å²) in [6.07, 6.45) is 5.69. The van der Waals surface area contributed by atoms with Crippen LogP contribution in [0.2, 0.25) is 0 Å². The van der Waals surface area contributed by atoms with Crippen LogP contribution in [-0.2, 0) is 10.8 Å². The van der Waals surface area contributed by atoms with E-state index in [1.165, 1.54) is 77.6 Å². The van der Waals surface area contributed by atoms with Gasteiger partial charge in [0, 0.05) is 43.8 Å². The minimum atomic E-state index is -0.470. The van der Waals surface area contributed by atoms with Crippen LogP contribution < -0.4 is 4.90 Å². The number of anilines is 2. The van der Waals surface area contributed by atoms with Crippen molar-refractivity contribution in [3.8, 4) is 27.9 Å². The quantitative estimate of drug-likeness (QED) is 0.172. The van der Waals surface area contributed by atoms with Crippen LogP contribution in [0.1, 0.15) is 63.3 Å². The number of furan rings is 1. The van der Waals surface area contributed by atoms with Gasteiger partial charge in [-0.1, -0.05) is 167 Å². The zero-order valence-electron chi connectivity index (χ0n) is 36.9. The van der Waals surface area contributed by atoms with Crippen LogP contribution in [0.15, 0.2) is 198 Å². The van der Waals surface area contributed by atoms with E-state index in [9.17, 15) is 0 Å². The maximum atomic E-state index is 6.92. The summed E-state index contributed by atoms with van der Waals surface area (Å²) in [6, 6.07) is 65.0. The molecular formula is C61H48N2O. The van der Waals surface area contributed by atoms with Gasteiger partial charge in [0.2, 0.25) is 0 Å². The van der Waals surface area contributed by atoms with Crippen molar-refractivity contribution in [1.82, 2.24) is 4.57 Å². The second-order valence-corrected chi connectivity index (χ2v) is 19.4. The predicted molar refractivity (Wildman–Crippen MR) is 268 cm³/mol. The molecule has 0 bridgehead atoms. The Morgan fingerprint density at radius 3 is 2.02 bits per heavy atom. The van der Waals surface area contributed by atoms with Crippen molar-refractivity contribution in [3.05, 3.63) is 216 Å². The van der Waals surface area contributed by atoms with E-state index in [1.54, 1.807) is 0 Å². The standard InChI is InChI=1S/C61H48N2O/c1-59(2)46-26-12-9-22-43(46)55-48(59)28-16-31-51(55)63(61(5)36-18-29-49-57(61)44-23-10-13-27-47(44)60(49,3)4)52-32-17-33-54-56(52)45-37-38(34-35-53(45)64-54)40-24-15-25-42-41-21-11-14-30-50(41)62(58(40)42)39-19-7-6-8-20-39/h6-35,37H,36H2,1-5H3. The number of hydrogen-bond donors (Lipinski definition) is 0. The van der Waals surface area contributed by atoms with Gasteiger partial charge < -0.3 is 13.9 Å². The molecule has 3 aliphatic carbocycles. The molecule has 3 nitrogen and oxygen atoms in total. The van der Waals surface area contributed by atoms with Crippen molar-refractivity contribution in [1.29, 1.82) is 0 Å². The Morgan fingerprint density at radius 2 is 1.17 bits per heavy atom. The summed E-state index contributed by atoms with van der Waals surface area (Å²) in [5.41, 5.74) is 20.2. The Balaban J connectivity index is 1.11. The molecule has 1 atom stereocenters. The van der Waals surface area contributed by atoms with Gasteiger partial charge in [0.15, 0.2) is 0 Å². The van der Waals surface area contributed by atoms with Crippen molar-refractivity contribution >= 4 is 60.7 Å². The van der Waals surface area contributed by atoms with Crippen molar-refractivity contribution in [2.75, 3.05) is 4.90 Å². The fourth-order valence-corrected chi connectivity index (χ4v) is 12.3. The van der Waals surface area contributed by atoms with Gasteiger partial charge in [-0.2, -0.15) is 0 Å². The molecular weight excluding hydrogens is 777 g/mol. The molecule has 3 aliphatic rings. The van der Waals surface area contributed by atoms with Crippen molar-refractivity contribution in [2.24, 2.45) is 0 Å². The van der Waals surface area contributed by atoms with E-state index >= 15 is 0 Å². The zero-order chi connectivity index (χ0) is 43.1. The first-order valence-electron chi connectivity index (χ1n) is 22.7. The molecule has 10 aromatic rings.